The minimum atomic E-state index is -3.97. The highest BCUT2D eigenvalue weighted by atomic mass is 32.2. The fourth-order valence-electron chi connectivity index (χ4n) is 1.94. The molecule has 8 heteroatoms. The van der Waals surface area contributed by atoms with Crippen molar-refractivity contribution in [2.75, 3.05) is 6.61 Å². The molecule has 0 fully saturated rings. The third-order valence-electron chi connectivity index (χ3n) is 2.89. The van der Waals surface area contributed by atoms with E-state index in [1.165, 1.54) is 0 Å². The van der Waals surface area contributed by atoms with Crippen LogP contribution in [0.5, 0.6) is 0 Å². The van der Waals surface area contributed by atoms with Gasteiger partial charge in [-0.1, -0.05) is 47.5 Å². The minimum Gasteiger partial charge on any atom is -0.460 e. The summed E-state index contributed by atoms with van der Waals surface area (Å²) < 4.78 is 34.4. The topological polar surface area (TPSA) is 65.0 Å². The fourth-order valence-corrected chi connectivity index (χ4v) is 2.18. The molecule has 2 rings (SSSR count). The van der Waals surface area contributed by atoms with Crippen LogP contribution >= 0.6 is 12.0 Å². The molecular formula is C14H12F2O5S. The summed E-state index contributed by atoms with van der Waals surface area (Å²) in [6, 6.07) is 13.2. The van der Waals surface area contributed by atoms with E-state index in [1.54, 1.807) is 0 Å². The Hall–Kier alpha value is -1.74. The van der Waals surface area contributed by atoms with Crippen LogP contribution in [0.3, 0.4) is 0 Å². The van der Waals surface area contributed by atoms with Crippen molar-refractivity contribution in [3.05, 3.63) is 48.0 Å². The van der Waals surface area contributed by atoms with Gasteiger partial charge in [0.1, 0.15) is 12.0 Å². The van der Waals surface area contributed by atoms with E-state index in [1.807, 2.05) is 42.5 Å². The maximum absolute atomic E-state index is 13.2. The molecule has 2 aromatic carbocycles. The van der Waals surface area contributed by atoms with Gasteiger partial charge in [0.15, 0.2) is 0 Å². The molecule has 0 unspecified atom stereocenters. The molecule has 0 aliphatic carbocycles. The summed E-state index contributed by atoms with van der Waals surface area (Å²) in [7, 11) is 0. The number of alkyl halides is 2. The molecular weight excluding hydrogens is 318 g/mol. The quantitative estimate of drug-likeness (QED) is 0.362. The van der Waals surface area contributed by atoms with E-state index in [-0.39, 0.29) is 6.61 Å². The largest absolute Gasteiger partial charge is 0.460 e. The Morgan fingerprint density at radius 1 is 1.18 bits per heavy atom. The number of esters is 1. The minimum absolute atomic E-state index is 0.205. The third kappa shape index (κ3) is 4.14. The van der Waals surface area contributed by atoms with Gasteiger partial charge in [0.05, 0.1) is 6.61 Å². The summed E-state index contributed by atoms with van der Waals surface area (Å²) in [5, 5.41) is 8.85. The molecule has 0 spiro atoms. The maximum Gasteiger partial charge on any atom is 0.415 e. The number of hydrogen-bond donors (Lipinski definition) is 1. The van der Waals surface area contributed by atoms with Crippen LogP contribution in [0.4, 0.5) is 8.78 Å². The van der Waals surface area contributed by atoms with E-state index in [9.17, 15) is 13.6 Å². The predicted molar refractivity (Wildman–Crippen MR) is 75.9 cm³/mol. The lowest BCUT2D eigenvalue weighted by molar-refractivity contribution is -0.433. The summed E-state index contributed by atoms with van der Waals surface area (Å²) >= 11 is -0.644. The lowest BCUT2D eigenvalue weighted by Gasteiger charge is -2.12. The van der Waals surface area contributed by atoms with Gasteiger partial charge in [0, 0.05) is 6.42 Å². The molecule has 0 radical (unpaired) electrons. The highest BCUT2D eigenvalue weighted by Gasteiger charge is 2.44. The van der Waals surface area contributed by atoms with Crippen molar-refractivity contribution < 1.29 is 32.9 Å². The Morgan fingerprint density at radius 2 is 1.91 bits per heavy atom. The van der Waals surface area contributed by atoms with Crippen LogP contribution in [0.15, 0.2) is 42.5 Å². The third-order valence-corrected chi connectivity index (χ3v) is 3.40. The summed E-state index contributed by atoms with van der Waals surface area (Å²) in [4.78, 5) is 11.2. The van der Waals surface area contributed by atoms with Crippen LogP contribution in [0, 0.1) is 0 Å². The number of carbonyl (C=O) groups is 1. The van der Waals surface area contributed by atoms with Gasteiger partial charge in [-0.05, 0) is 16.3 Å². The Kier molecular flexibility index (Phi) is 5.67. The molecule has 22 heavy (non-hydrogen) atoms. The van der Waals surface area contributed by atoms with Crippen molar-refractivity contribution in [2.45, 2.75) is 11.7 Å². The standard InChI is InChI=1S/C14H12F2O5S/c15-14(16,22-21-20-18)13(17)19-9-8-11-6-3-5-10-4-1-2-7-12(10)11/h1-7,18H,8-9H2. The predicted octanol–water partition coefficient (Wildman–Crippen LogP) is 3.59. The van der Waals surface area contributed by atoms with Gasteiger partial charge in [0.2, 0.25) is 0 Å². The number of rotatable bonds is 7. The number of ether oxygens (including phenoxy) is 1. The summed E-state index contributed by atoms with van der Waals surface area (Å²) in [6.45, 7) is -0.205. The molecule has 0 atom stereocenters. The Balaban J connectivity index is 1.94. The second-order valence-corrected chi connectivity index (χ2v) is 5.08. The summed E-state index contributed by atoms with van der Waals surface area (Å²) in [5.41, 5.74) is 0.886. The monoisotopic (exact) mass is 330 g/mol. The average molecular weight is 330 g/mol. The normalized spacial score (nSPS) is 11.6. The number of carbonyl (C=O) groups excluding carboxylic acids is 1. The van der Waals surface area contributed by atoms with Crippen molar-refractivity contribution in [1.29, 1.82) is 0 Å². The summed E-state index contributed by atoms with van der Waals surface area (Å²) in [6.07, 6.45) is 0.297. The fraction of sp³-hybridized carbons (Fsp3) is 0.214. The van der Waals surface area contributed by atoms with Gasteiger partial charge in [0.25, 0.3) is 0 Å². The molecule has 1 N–H and O–H groups in total. The Bertz CT molecular complexity index is 645. The molecule has 0 saturated heterocycles. The molecule has 0 heterocycles. The van der Waals surface area contributed by atoms with Gasteiger partial charge in [-0.2, -0.15) is 8.78 Å². The first-order chi connectivity index (χ1) is 10.5. The van der Waals surface area contributed by atoms with Crippen LogP contribution in [0.25, 0.3) is 10.8 Å². The van der Waals surface area contributed by atoms with Crippen molar-refractivity contribution in [3.8, 4) is 0 Å². The van der Waals surface area contributed by atoms with Gasteiger partial charge in [-0.3, -0.25) is 0 Å². The van der Waals surface area contributed by atoms with Crippen LogP contribution in [-0.2, 0) is 25.3 Å². The van der Waals surface area contributed by atoms with E-state index in [4.69, 9.17) is 5.26 Å². The van der Waals surface area contributed by atoms with Crippen LogP contribution in [-0.4, -0.2) is 23.1 Å². The number of halogens is 2. The number of hydrogen-bond acceptors (Lipinski definition) is 6. The zero-order valence-electron chi connectivity index (χ0n) is 11.2. The first-order valence-electron chi connectivity index (χ1n) is 6.22. The van der Waals surface area contributed by atoms with E-state index < -0.39 is 23.3 Å². The molecule has 0 saturated carbocycles. The van der Waals surface area contributed by atoms with Crippen LogP contribution < -0.4 is 0 Å². The van der Waals surface area contributed by atoms with Crippen LogP contribution in [0.1, 0.15) is 5.56 Å². The van der Waals surface area contributed by atoms with Gasteiger partial charge < -0.3 is 4.74 Å². The highest BCUT2D eigenvalue weighted by Crippen LogP contribution is 2.31. The second-order valence-electron chi connectivity index (χ2n) is 4.27. The average Bonchev–Trinajstić information content (AvgIpc) is 2.53. The molecule has 2 aromatic rings. The van der Waals surface area contributed by atoms with E-state index >= 15 is 0 Å². The van der Waals surface area contributed by atoms with Crippen molar-refractivity contribution in [3.63, 3.8) is 0 Å². The first-order valence-corrected chi connectivity index (χ1v) is 6.96. The van der Waals surface area contributed by atoms with Gasteiger partial charge >= 0.3 is 11.2 Å². The van der Waals surface area contributed by atoms with E-state index in [2.05, 4.69) is 14.1 Å². The smallest absolute Gasteiger partial charge is 0.415 e. The Labute approximate surface area is 128 Å². The lowest BCUT2D eigenvalue weighted by Crippen LogP contribution is -2.28. The highest BCUT2D eigenvalue weighted by molar-refractivity contribution is 7.96. The zero-order chi connectivity index (χ0) is 16.0. The second kappa shape index (κ2) is 7.50. The molecule has 0 aromatic heterocycles. The van der Waals surface area contributed by atoms with Gasteiger partial charge in [-0.15, -0.1) is 4.33 Å². The molecule has 0 aliphatic heterocycles. The van der Waals surface area contributed by atoms with Gasteiger partial charge in [-0.25, -0.2) is 10.1 Å². The van der Waals surface area contributed by atoms with E-state index in [0.717, 1.165) is 16.3 Å². The SMILES string of the molecule is O=C(OCCc1cccc2ccccc12)C(F)(F)SOOO. The zero-order valence-corrected chi connectivity index (χ0v) is 12.0. The Morgan fingerprint density at radius 3 is 2.68 bits per heavy atom. The summed E-state index contributed by atoms with van der Waals surface area (Å²) in [5.74, 6) is -1.77. The molecule has 5 nitrogen and oxygen atoms in total. The molecule has 0 bridgehead atoms. The number of fused-ring (bicyclic) bond motifs is 1. The lowest BCUT2D eigenvalue weighted by atomic mass is 10.0. The van der Waals surface area contributed by atoms with Crippen molar-refractivity contribution >= 4 is 28.8 Å². The molecule has 0 amide bonds. The first kappa shape index (κ1) is 16.6. The van der Waals surface area contributed by atoms with E-state index in [0.29, 0.717) is 6.42 Å². The molecule has 0 aliphatic rings. The molecule has 118 valence electrons. The van der Waals surface area contributed by atoms with Crippen LogP contribution in [0.2, 0.25) is 0 Å². The maximum atomic E-state index is 13.2. The number of benzene rings is 2. The van der Waals surface area contributed by atoms with Crippen molar-refractivity contribution in [2.24, 2.45) is 0 Å². The van der Waals surface area contributed by atoms with Crippen molar-refractivity contribution in [1.82, 2.24) is 0 Å².